The third-order valence-electron chi connectivity index (χ3n) is 3.66. The van der Waals surface area contributed by atoms with Crippen LogP contribution in [0.2, 0.25) is 0 Å². The SMILES string of the molecule is C[C@@H]1[C@H](C)[C@@H](C)C(CO)O[C@@H]1COPI. The first-order valence-corrected chi connectivity index (χ1v) is 9.37. The van der Waals surface area contributed by atoms with Gasteiger partial charge in [-0.05, 0) is 39.8 Å². The Labute approximate surface area is 107 Å². The average molecular weight is 346 g/mol. The second-order valence-electron chi connectivity index (χ2n) is 4.36. The molecule has 1 heterocycles. The maximum absolute atomic E-state index is 9.24. The molecule has 5 heteroatoms. The number of aliphatic hydroxyl groups excluding tert-OH is 1. The van der Waals surface area contributed by atoms with Crippen LogP contribution in [-0.4, -0.2) is 30.5 Å². The van der Waals surface area contributed by atoms with Gasteiger partial charge in [0.15, 0.2) is 0 Å². The van der Waals surface area contributed by atoms with E-state index >= 15 is 0 Å². The van der Waals surface area contributed by atoms with Crippen LogP contribution < -0.4 is 0 Å². The molecule has 1 aliphatic heterocycles. The highest BCUT2D eigenvalue weighted by Crippen LogP contribution is 2.36. The molecule has 1 saturated heterocycles. The summed E-state index contributed by atoms with van der Waals surface area (Å²) in [5.41, 5.74) is 0. The lowest BCUT2D eigenvalue weighted by molar-refractivity contribution is -0.156. The molecular formula is C10H20IO3P. The summed E-state index contributed by atoms with van der Waals surface area (Å²) in [5, 5.41) is 9.24. The lowest BCUT2D eigenvalue weighted by Gasteiger charge is -2.43. The Morgan fingerprint density at radius 2 is 1.80 bits per heavy atom. The highest BCUT2D eigenvalue weighted by atomic mass is 127. The van der Waals surface area contributed by atoms with Gasteiger partial charge in [-0.25, -0.2) is 0 Å². The molecule has 0 saturated carbocycles. The molecule has 3 nitrogen and oxygen atoms in total. The van der Waals surface area contributed by atoms with Gasteiger partial charge in [0.05, 0.1) is 31.9 Å². The predicted octanol–water partition coefficient (Wildman–Crippen LogP) is 2.61. The number of aliphatic hydroxyl groups is 1. The minimum Gasteiger partial charge on any atom is -0.394 e. The normalized spacial score (nSPS) is 42.6. The van der Waals surface area contributed by atoms with E-state index in [1.807, 2.05) is 0 Å². The van der Waals surface area contributed by atoms with Crippen LogP contribution >= 0.6 is 28.5 Å². The Morgan fingerprint density at radius 3 is 2.33 bits per heavy atom. The third kappa shape index (κ3) is 3.50. The molecule has 0 aromatic carbocycles. The monoisotopic (exact) mass is 346 g/mol. The molecule has 0 aromatic heterocycles. The molecule has 1 fully saturated rings. The summed E-state index contributed by atoms with van der Waals surface area (Å²) in [6.07, 6.45) is 0.109. The average Bonchev–Trinajstić information content (AvgIpc) is 2.25. The Balaban J connectivity index is 2.57. The van der Waals surface area contributed by atoms with Crippen LogP contribution in [0.15, 0.2) is 0 Å². The van der Waals surface area contributed by atoms with E-state index < -0.39 is 0 Å². The van der Waals surface area contributed by atoms with Gasteiger partial charge in [-0.3, -0.25) is 0 Å². The number of halogens is 1. The van der Waals surface area contributed by atoms with Crippen molar-refractivity contribution in [2.75, 3.05) is 13.2 Å². The van der Waals surface area contributed by atoms with Crippen molar-refractivity contribution in [1.82, 2.24) is 0 Å². The summed E-state index contributed by atoms with van der Waals surface area (Å²) < 4.78 is 11.3. The molecule has 0 bridgehead atoms. The molecule has 1 rings (SSSR count). The van der Waals surface area contributed by atoms with E-state index in [2.05, 4.69) is 42.8 Å². The van der Waals surface area contributed by atoms with Crippen molar-refractivity contribution in [3.05, 3.63) is 0 Å². The fraction of sp³-hybridized carbons (Fsp3) is 1.00. The van der Waals surface area contributed by atoms with Crippen LogP contribution in [0.3, 0.4) is 0 Å². The molecule has 1 N–H and O–H groups in total. The lowest BCUT2D eigenvalue weighted by Crippen LogP contribution is -2.47. The minimum atomic E-state index is -0.0256. The van der Waals surface area contributed by atoms with E-state index in [0.717, 1.165) is 0 Å². The number of rotatable bonds is 4. The van der Waals surface area contributed by atoms with Gasteiger partial charge >= 0.3 is 0 Å². The number of ether oxygens (including phenoxy) is 1. The van der Waals surface area contributed by atoms with Crippen molar-refractivity contribution >= 4 is 28.5 Å². The van der Waals surface area contributed by atoms with Crippen LogP contribution in [0.25, 0.3) is 0 Å². The maximum atomic E-state index is 9.24. The molecule has 0 aliphatic carbocycles. The Kier molecular flexibility index (Phi) is 6.30. The van der Waals surface area contributed by atoms with Crippen LogP contribution in [0.4, 0.5) is 0 Å². The maximum Gasteiger partial charge on any atom is 0.0845 e. The first-order chi connectivity index (χ1) is 7.11. The zero-order chi connectivity index (χ0) is 11.4. The zero-order valence-electron chi connectivity index (χ0n) is 9.44. The second-order valence-corrected chi connectivity index (χ2v) is 6.13. The summed E-state index contributed by atoms with van der Waals surface area (Å²) in [6.45, 7) is 7.83. The highest BCUT2D eigenvalue weighted by molar-refractivity contribution is 14.2. The standard InChI is InChI=1S/C10H20IO3P/c1-6-7(2)9(4-12)14-10(8(6)3)5-13-15-11/h6-10,12,15H,4-5H2,1-3H3/t6-,7-,8-,9?,10-/m1/s1. The Bertz CT molecular complexity index is 192. The molecule has 6 atom stereocenters. The van der Waals surface area contributed by atoms with Gasteiger partial charge in [-0.15, -0.1) is 0 Å². The lowest BCUT2D eigenvalue weighted by atomic mass is 9.77. The topological polar surface area (TPSA) is 38.7 Å². The molecular weight excluding hydrogens is 326 g/mol. The molecule has 90 valence electrons. The summed E-state index contributed by atoms with van der Waals surface area (Å²) in [4.78, 5) is 0. The smallest absolute Gasteiger partial charge is 0.0845 e. The van der Waals surface area contributed by atoms with E-state index in [1.165, 1.54) is 0 Å². The van der Waals surface area contributed by atoms with Gasteiger partial charge in [0.2, 0.25) is 0 Å². The van der Waals surface area contributed by atoms with Crippen LogP contribution in [-0.2, 0) is 9.26 Å². The van der Waals surface area contributed by atoms with Crippen LogP contribution in [0.1, 0.15) is 20.8 Å². The van der Waals surface area contributed by atoms with Gasteiger partial charge in [0, 0.05) is 0 Å². The number of hydrogen-bond donors (Lipinski definition) is 1. The van der Waals surface area contributed by atoms with E-state index in [1.54, 1.807) is 0 Å². The molecule has 1 aliphatic rings. The van der Waals surface area contributed by atoms with Gasteiger partial charge in [-0.2, -0.15) is 0 Å². The predicted molar refractivity (Wildman–Crippen MR) is 71.5 cm³/mol. The first-order valence-electron chi connectivity index (χ1n) is 5.35. The van der Waals surface area contributed by atoms with E-state index in [-0.39, 0.29) is 18.8 Å². The first kappa shape index (κ1) is 14.1. The molecule has 0 spiro atoms. The van der Waals surface area contributed by atoms with Crippen LogP contribution in [0, 0.1) is 17.8 Å². The van der Waals surface area contributed by atoms with Gasteiger partial charge in [0.25, 0.3) is 0 Å². The molecule has 2 unspecified atom stereocenters. The summed E-state index contributed by atoms with van der Waals surface area (Å²) in [6, 6.07) is 0. The van der Waals surface area contributed by atoms with E-state index in [9.17, 15) is 5.11 Å². The second kappa shape index (κ2) is 6.70. The van der Waals surface area contributed by atoms with Crippen molar-refractivity contribution in [3.8, 4) is 0 Å². The summed E-state index contributed by atoms with van der Waals surface area (Å²) in [7, 11) is 0. The minimum absolute atomic E-state index is 0.0256. The van der Waals surface area contributed by atoms with Gasteiger partial charge in [-0.1, -0.05) is 20.8 Å². The Hall–Kier alpha value is 1.04. The fourth-order valence-electron chi connectivity index (χ4n) is 2.14. The largest absolute Gasteiger partial charge is 0.394 e. The third-order valence-corrected chi connectivity index (χ3v) is 4.87. The van der Waals surface area contributed by atoms with Gasteiger partial charge < -0.3 is 14.4 Å². The molecule has 0 radical (unpaired) electrons. The zero-order valence-corrected chi connectivity index (χ0v) is 12.6. The number of hydrogen-bond acceptors (Lipinski definition) is 3. The van der Waals surface area contributed by atoms with Crippen molar-refractivity contribution in [2.45, 2.75) is 33.0 Å². The van der Waals surface area contributed by atoms with Crippen LogP contribution in [0.5, 0.6) is 0 Å². The van der Waals surface area contributed by atoms with Crippen molar-refractivity contribution in [2.24, 2.45) is 17.8 Å². The van der Waals surface area contributed by atoms with Gasteiger partial charge in [0.1, 0.15) is 0 Å². The van der Waals surface area contributed by atoms with Crippen molar-refractivity contribution in [1.29, 1.82) is 0 Å². The van der Waals surface area contributed by atoms with E-state index in [4.69, 9.17) is 9.26 Å². The summed E-state index contributed by atoms with van der Waals surface area (Å²) >= 11 is 2.22. The fourth-order valence-corrected chi connectivity index (χ4v) is 2.91. The molecule has 15 heavy (non-hydrogen) atoms. The Morgan fingerprint density at radius 1 is 1.20 bits per heavy atom. The van der Waals surface area contributed by atoms with Crippen molar-refractivity contribution < 1.29 is 14.4 Å². The molecule has 0 amide bonds. The quantitative estimate of drug-likeness (QED) is 0.628. The molecule has 0 aromatic rings. The van der Waals surface area contributed by atoms with E-state index in [0.29, 0.717) is 30.8 Å². The summed E-state index contributed by atoms with van der Waals surface area (Å²) in [5.74, 6) is 1.49. The highest BCUT2D eigenvalue weighted by Gasteiger charge is 2.38. The van der Waals surface area contributed by atoms with Crippen molar-refractivity contribution in [3.63, 3.8) is 0 Å².